The van der Waals surface area contributed by atoms with E-state index in [0.717, 1.165) is 54.9 Å². The number of anilines is 3. The predicted molar refractivity (Wildman–Crippen MR) is 147 cm³/mol. The van der Waals surface area contributed by atoms with Crippen LogP contribution in [0.25, 0.3) is 22.4 Å². The number of nitrogens with one attached hydrogen (secondary N) is 2. The van der Waals surface area contributed by atoms with Crippen molar-refractivity contribution in [1.82, 2.24) is 19.4 Å². The van der Waals surface area contributed by atoms with E-state index in [1.54, 1.807) is 18.2 Å². The lowest BCUT2D eigenvalue weighted by Gasteiger charge is -2.36. The van der Waals surface area contributed by atoms with E-state index >= 15 is 0 Å². The summed E-state index contributed by atoms with van der Waals surface area (Å²) in [5.74, 6) is 1.40. The molecule has 8 nitrogen and oxygen atoms in total. The van der Waals surface area contributed by atoms with Crippen LogP contribution < -0.4 is 15.5 Å². The second-order valence-electron chi connectivity index (χ2n) is 9.95. The summed E-state index contributed by atoms with van der Waals surface area (Å²) in [6.45, 7) is 1.77. The number of carbonyl (C=O) groups excluding carboxylic acids is 1. The Morgan fingerprint density at radius 1 is 0.974 bits per heavy atom. The number of aromatic nitrogens is 3. The number of hydrogen-bond donors (Lipinski definition) is 2. The summed E-state index contributed by atoms with van der Waals surface area (Å²) in [5, 5.41) is 5.15. The summed E-state index contributed by atoms with van der Waals surface area (Å²) < 4.78 is 41.0. The first-order valence-electron chi connectivity index (χ1n) is 12.7. The molecular weight excluding hydrogens is 507 g/mol. The third kappa shape index (κ3) is 5.83. The Hall–Kier alpha value is -4.12. The normalized spacial score (nSPS) is 14.7. The molecule has 0 atom stereocenters. The Morgan fingerprint density at radius 3 is 2.31 bits per heavy atom. The van der Waals surface area contributed by atoms with Crippen LogP contribution in [0.3, 0.4) is 0 Å². The molecule has 1 fully saturated rings. The lowest BCUT2D eigenvalue weighted by atomic mass is 10.0. The van der Waals surface area contributed by atoms with Gasteiger partial charge in [0.2, 0.25) is 0 Å². The Bertz CT molecular complexity index is 1490. The Kier molecular flexibility index (Phi) is 7.17. The van der Waals surface area contributed by atoms with E-state index < -0.39 is 17.8 Å². The molecule has 0 saturated carbocycles. The first-order chi connectivity index (χ1) is 18.6. The van der Waals surface area contributed by atoms with Crippen molar-refractivity contribution in [2.24, 2.45) is 7.05 Å². The maximum absolute atomic E-state index is 13.0. The van der Waals surface area contributed by atoms with E-state index in [4.69, 9.17) is 9.97 Å². The number of hydrogen-bond acceptors (Lipinski definition) is 5. The number of aryl methyl sites for hydroxylation is 1. The fourth-order valence-electron chi connectivity index (χ4n) is 4.92. The van der Waals surface area contributed by atoms with Gasteiger partial charge in [-0.05, 0) is 63.3 Å². The molecule has 204 valence electrons. The lowest BCUT2D eigenvalue weighted by Crippen LogP contribution is -2.42. The molecule has 0 spiro atoms. The third-order valence-corrected chi connectivity index (χ3v) is 7.02. The second kappa shape index (κ2) is 10.6. The van der Waals surface area contributed by atoms with Crippen LogP contribution in [0.15, 0.2) is 60.8 Å². The van der Waals surface area contributed by atoms with E-state index in [-0.39, 0.29) is 5.69 Å². The SMILES string of the molecule is CN(C)C1CCN(c2nc(-c3cccc(NC(=O)Nc4cccc(C(F)(F)F)c4)c3)nc3ccn(C)c23)CC1. The molecule has 11 heteroatoms. The van der Waals surface area contributed by atoms with Crippen LogP contribution in [0.4, 0.5) is 35.2 Å². The highest BCUT2D eigenvalue weighted by Gasteiger charge is 2.30. The first-order valence-corrected chi connectivity index (χ1v) is 12.7. The van der Waals surface area contributed by atoms with Gasteiger partial charge in [0.25, 0.3) is 0 Å². The number of amides is 2. The fourth-order valence-corrected chi connectivity index (χ4v) is 4.92. The van der Waals surface area contributed by atoms with Crippen molar-refractivity contribution in [2.45, 2.75) is 25.1 Å². The van der Waals surface area contributed by atoms with Crippen LogP contribution in [-0.2, 0) is 13.2 Å². The van der Waals surface area contributed by atoms with Crippen LogP contribution >= 0.6 is 0 Å². The molecule has 0 radical (unpaired) electrons. The van der Waals surface area contributed by atoms with Gasteiger partial charge in [-0.2, -0.15) is 13.2 Å². The molecule has 1 aliphatic heterocycles. The van der Waals surface area contributed by atoms with Crippen LogP contribution in [0.1, 0.15) is 18.4 Å². The molecule has 1 saturated heterocycles. The Labute approximate surface area is 224 Å². The number of nitrogens with zero attached hydrogens (tertiary/aromatic N) is 5. The van der Waals surface area contributed by atoms with Crippen molar-refractivity contribution in [1.29, 1.82) is 0 Å². The summed E-state index contributed by atoms with van der Waals surface area (Å²) in [5.41, 5.74) is 2.17. The minimum Gasteiger partial charge on any atom is -0.355 e. The monoisotopic (exact) mass is 537 g/mol. The average molecular weight is 538 g/mol. The minimum absolute atomic E-state index is 0.0408. The van der Waals surface area contributed by atoms with Crippen LogP contribution in [0.2, 0.25) is 0 Å². The van der Waals surface area contributed by atoms with Gasteiger partial charge in [-0.3, -0.25) is 0 Å². The van der Waals surface area contributed by atoms with E-state index in [1.165, 1.54) is 12.1 Å². The molecule has 2 aromatic carbocycles. The molecule has 0 aliphatic carbocycles. The molecule has 2 amide bonds. The number of carbonyl (C=O) groups is 1. The van der Waals surface area contributed by atoms with Gasteiger partial charge >= 0.3 is 12.2 Å². The highest BCUT2D eigenvalue weighted by Crippen LogP contribution is 2.32. The van der Waals surface area contributed by atoms with E-state index in [0.29, 0.717) is 23.1 Å². The number of benzene rings is 2. The molecule has 2 aromatic heterocycles. The van der Waals surface area contributed by atoms with Gasteiger partial charge < -0.3 is 25.0 Å². The number of rotatable bonds is 5. The zero-order valence-electron chi connectivity index (χ0n) is 22.0. The van der Waals surface area contributed by atoms with Crippen molar-refractivity contribution < 1.29 is 18.0 Å². The molecule has 39 heavy (non-hydrogen) atoms. The number of urea groups is 1. The highest BCUT2D eigenvalue weighted by molar-refractivity contribution is 6.00. The lowest BCUT2D eigenvalue weighted by molar-refractivity contribution is -0.137. The van der Waals surface area contributed by atoms with Gasteiger partial charge in [0.05, 0.1) is 11.1 Å². The van der Waals surface area contributed by atoms with Crippen molar-refractivity contribution in [3.05, 3.63) is 66.4 Å². The topological polar surface area (TPSA) is 78.3 Å². The van der Waals surface area contributed by atoms with Gasteiger partial charge in [0.1, 0.15) is 5.52 Å². The van der Waals surface area contributed by atoms with Gasteiger partial charge in [0, 0.05) is 49.3 Å². The Balaban J connectivity index is 1.38. The molecule has 0 bridgehead atoms. The quantitative estimate of drug-likeness (QED) is 0.335. The summed E-state index contributed by atoms with van der Waals surface area (Å²) in [6.07, 6.45) is -0.448. The van der Waals surface area contributed by atoms with Crippen molar-refractivity contribution >= 4 is 34.3 Å². The number of halogens is 3. The summed E-state index contributed by atoms with van der Waals surface area (Å²) in [6, 6.07) is 13.4. The smallest absolute Gasteiger partial charge is 0.355 e. The number of fused-ring (bicyclic) bond motifs is 1. The minimum atomic E-state index is -4.50. The average Bonchev–Trinajstić information content (AvgIpc) is 3.28. The standard InChI is InChI=1S/C28H30F3N7O/c1-36(2)22-10-14-38(15-11-22)26-24-23(12-13-37(24)3)34-25(35-26)18-6-4-8-20(16-18)32-27(39)33-21-9-5-7-19(17-21)28(29,30)31/h4-9,12-13,16-17,22H,10-11,14-15H2,1-3H3,(H2,32,33,39). The number of alkyl halides is 3. The van der Waals surface area contributed by atoms with E-state index in [1.807, 2.05) is 29.9 Å². The summed E-state index contributed by atoms with van der Waals surface area (Å²) >= 11 is 0. The van der Waals surface area contributed by atoms with Crippen LogP contribution in [-0.4, -0.2) is 58.7 Å². The second-order valence-corrected chi connectivity index (χ2v) is 9.95. The van der Waals surface area contributed by atoms with Gasteiger partial charge in [-0.25, -0.2) is 14.8 Å². The maximum atomic E-state index is 13.0. The van der Waals surface area contributed by atoms with Crippen LogP contribution in [0.5, 0.6) is 0 Å². The van der Waals surface area contributed by atoms with Gasteiger partial charge in [0.15, 0.2) is 11.6 Å². The number of piperidine rings is 1. The molecule has 5 rings (SSSR count). The van der Waals surface area contributed by atoms with Crippen molar-refractivity contribution in [3.8, 4) is 11.4 Å². The maximum Gasteiger partial charge on any atom is 0.416 e. The zero-order chi connectivity index (χ0) is 27.7. The summed E-state index contributed by atoms with van der Waals surface area (Å²) in [7, 11) is 6.20. The van der Waals surface area contributed by atoms with Crippen LogP contribution in [0, 0.1) is 0 Å². The predicted octanol–water partition coefficient (Wildman–Crippen LogP) is 5.83. The van der Waals surface area contributed by atoms with Crippen molar-refractivity contribution in [3.63, 3.8) is 0 Å². The molecule has 2 N–H and O–H groups in total. The van der Waals surface area contributed by atoms with E-state index in [2.05, 4.69) is 34.5 Å². The van der Waals surface area contributed by atoms with Gasteiger partial charge in [-0.15, -0.1) is 0 Å². The molecular formula is C28H30F3N7O. The molecule has 3 heterocycles. The largest absolute Gasteiger partial charge is 0.416 e. The Morgan fingerprint density at radius 2 is 1.64 bits per heavy atom. The highest BCUT2D eigenvalue weighted by atomic mass is 19.4. The molecule has 4 aromatic rings. The molecule has 1 aliphatic rings. The fraction of sp³-hybridized carbons (Fsp3) is 0.321. The van der Waals surface area contributed by atoms with Gasteiger partial charge in [-0.1, -0.05) is 18.2 Å². The van der Waals surface area contributed by atoms with Crippen molar-refractivity contribution in [2.75, 3.05) is 42.7 Å². The first kappa shape index (κ1) is 26.5. The zero-order valence-corrected chi connectivity index (χ0v) is 22.0. The summed E-state index contributed by atoms with van der Waals surface area (Å²) in [4.78, 5) is 26.9. The van der Waals surface area contributed by atoms with E-state index in [9.17, 15) is 18.0 Å². The molecule has 0 unspecified atom stereocenters. The third-order valence-electron chi connectivity index (χ3n) is 7.02.